The van der Waals surface area contributed by atoms with Gasteiger partial charge in [0.05, 0.1) is 0 Å². The zero-order valence-corrected chi connectivity index (χ0v) is 23.0. The van der Waals surface area contributed by atoms with Gasteiger partial charge in [0.15, 0.2) is 6.17 Å². The summed E-state index contributed by atoms with van der Waals surface area (Å²) in [6.45, 7) is 0. The molecule has 0 aromatic heterocycles. The van der Waals surface area contributed by atoms with Gasteiger partial charge in [-0.1, -0.05) is 127 Å². The van der Waals surface area contributed by atoms with Gasteiger partial charge in [-0.25, -0.2) is 9.98 Å². The van der Waals surface area contributed by atoms with E-state index in [1.165, 1.54) is 0 Å². The molecular weight excluding hydrogens is 536 g/mol. The van der Waals surface area contributed by atoms with Gasteiger partial charge in [0, 0.05) is 22.3 Å². The minimum atomic E-state index is -3.16. The van der Waals surface area contributed by atoms with Crippen LogP contribution in [0.15, 0.2) is 150 Å². The van der Waals surface area contributed by atoms with Crippen molar-refractivity contribution in [3.05, 3.63) is 167 Å². The number of rotatable bonds is 4. The number of amidine groups is 2. The van der Waals surface area contributed by atoms with Crippen LogP contribution in [0.5, 0.6) is 0 Å². The molecule has 2 aliphatic rings. The highest BCUT2D eigenvalue weighted by atomic mass is 19.3. The number of aliphatic imine (C=N–C) groups is 2. The minimum absolute atomic E-state index is 0.0143. The number of fused-ring (bicyclic) bond motifs is 4. The summed E-state index contributed by atoms with van der Waals surface area (Å²) in [5.74, 6) is -2.01. The molecule has 1 unspecified atom stereocenters. The molecule has 206 valence electrons. The largest absolute Gasteiger partial charge is 0.324 e. The smallest absolute Gasteiger partial charge is 0.299 e. The maximum Gasteiger partial charge on any atom is 0.299 e. The molecule has 43 heavy (non-hydrogen) atoms. The number of nitrogens with zero attached hydrogens (tertiary/aromatic N) is 2. The molecule has 8 rings (SSSR count). The number of hydrogen-bond acceptors (Lipinski definition) is 3. The number of halogens is 2. The van der Waals surface area contributed by atoms with Crippen LogP contribution in [-0.4, -0.2) is 11.7 Å². The molecule has 1 aliphatic carbocycles. The number of nitrogens with one attached hydrogen (secondary N) is 1. The second kappa shape index (κ2) is 9.85. The molecule has 5 heteroatoms. The Bertz CT molecular complexity index is 2080. The van der Waals surface area contributed by atoms with Gasteiger partial charge < -0.3 is 5.32 Å². The van der Waals surface area contributed by atoms with E-state index in [2.05, 4.69) is 5.32 Å². The Morgan fingerprint density at radius 2 is 1.09 bits per heavy atom. The van der Waals surface area contributed by atoms with E-state index in [4.69, 9.17) is 9.98 Å². The van der Waals surface area contributed by atoms with Crippen LogP contribution in [0.2, 0.25) is 0 Å². The van der Waals surface area contributed by atoms with Gasteiger partial charge in [-0.15, -0.1) is 0 Å². The maximum absolute atomic E-state index is 16.3. The van der Waals surface area contributed by atoms with Crippen LogP contribution in [0.25, 0.3) is 33.0 Å². The number of alkyl halides is 2. The van der Waals surface area contributed by atoms with Gasteiger partial charge in [-0.05, 0) is 50.7 Å². The van der Waals surface area contributed by atoms with E-state index >= 15 is 8.78 Å². The average molecular weight is 562 g/mol. The Kier molecular flexibility index (Phi) is 5.79. The summed E-state index contributed by atoms with van der Waals surface area (Å²) in [6.07, 6.45) is -0.498. The van der Waals surface area contributed by atoms with Crippen LogP contribution >= 0.6 is 0 Å². The second-order valence-corrected chi connectivity index (χ2v) is 10.9. The van der Waals surface area contributed by atoms with Crippen molar-refractivity contribution in [3.8, 4) is 22.3 Å². The number of benzene rings is 6. The first-order valence-corrected chi connectivity index (χ1v) is 14.2. The summed E-state index contributed by atoms with van der Waals surface area (Å²) in [5.41, 5.74) is 5.24. The Morgan fingerprint density at radius 3 is 1.84 bits per heavy atom. The molecule has 0 saturated carbocycles. The van der Waals surface area contributed by atoms with Gasteiger partial charge in [-0.3, -0.25) is 0 Å². The Balaban J connectivity index is 1.20. The molecule has 0 saturated heterocycles. The summed E-state index contributed by atoms with van der Waals surface area (Å²) in [5, 5.41) is 5.44. The van der Waals surface area contributed by atoms with E-state index in [-0.39, 0.29) is 11.1 Å². The molecule has 1 N–H and O–H groups in total. The zero-order chi connectivity index (χ0) is 29.0. The molecule has 0 spiro atoms. The third kappa shape index (κ3) is 4.24. The van der Waals surface area contributed by atoms with Crippen LogP contribution in [-0.2, 0) is 5.92 Å². The molecule has 1 atom stereocenters. The highest BCUT2D eigenvalue weighted by Crippen LogP contribution is 2.52. The van der Waals surface area contributed by atoms with Crippen molar-refractivity contribution in [3.63, 3.8) is 0 Å². The first-order chi connectivity index (χ1) is 21.1. The number of hydrogen-bond donors (Lipinski definition) is 1. The van der Waals surface area contributed by atoms with Gasteiger partial charge in [0.2, 0.25) is 0 Å². The zero-order valence-electron chi connectivity index (χ0n) is 23.0. The maximum atomic E-state index is 16.3. The van der Waals surface area contributed by atoms with Gasteiger partial charge in [0.1, 0.15) is 11.7 Å². The van der Waals surface area contributed by atoms with E-state index in [0.29, 0.717) is 28.4 Å². The summed E-state index contributed by atoms with van der Waals surface area (Å²) in [4.78, 5) is 9.74. The highest BCUT2D eigenvalue weighted by Gasteiger charge is 2.45. The van der Waals surface area contributed by atoms with Crippen molar-refractivity contribution in [2.24, 2.45) is 9.98 Å². The SMILES string of the molecule is FC1(F)c2cc(C3=NC(c4ccccc4)N=C(c4ccccc4)N3)ccc2-c2ccc(-c3cccc4ccccc34)cc21. The molecule has 6 aromatic carbocycles. The molecule has 0 fully saturated rings. The van der Waals surface area contributed by atoms with E-state index in [1.54, 1.807) is 18.2 Å². The fraction of sp³-hybridized carbons (Fsp3) is 0.0526. The van der Waals surface area contributed by atoms with Crippen LogP contribution in [0.1, 0.15) is 34.0 Å². The van der Waals surface area contributed by atoms with Crippen molar-refractivity contribution in [2.75, 3.05) is 0 Å². The lowest BCUT2D eigenvalue weighted by molar-refractivity contribution is 0.0480. The van der Waals surface area contributed by atoms with Gasteiger partial charge in [-0.2, -0.15) is 8.78 Å². The standard InChI is InChI=1S/C38H25F2N3/c39-38(40)33-22-27(30-17-9-15-24-10-7-8-16-29(24)30)18-20-31(33)32-21-19-28(23-34(32)38)37-42-35(25-11-3-1-4-12-25)41-36(43-37)26-13-5-2-6-14-26/h1-23,35H,(H,41,42,43). The van der Waals surface area contributed by atoms with E-state index in [0.717, 1.165) is 33.0 Å². The fourth-order valence-electron chi connectivity index (χ4n) is 6.13. The highest BCUT2D eigenvalue weighted by molar-refractivity contribution is 6.16. The topological polar surface area (TPSA) is 36.8 Å². The minimum Gasteiger partial charge on any atom is -0.324 e. The van der Waals surface area contributed by atoms with E-state index < -0.39 is 12.1 Å². The first-order valence-electron chi connectivity index (χ1n) is 14.2. The summed E-state index contributed by atoms with van der Waals surface area (Å²) in [7, 11) is 0. The molecule has 1 heterocycles. The van der Waals surface area contributed by atoms with Gasteiger partial charge >= 0.3 is 0 Å². The third-order valence-electron chi connectivity index (χ3n) is 8.26. The molecule has 0 amide bonds. The monoisotopic (exact) mass is 561 g/mol. The molecule has 6 aromatic rings. The van der Waals surface area contributed by atoms with Crippen molar-refractivity contribution < 1.29 is 8.78 Å². The molecular formula is C38H25F2N3. The van der Waals surface area contributed by atoms with Crippen molar-refractivity contribution in [2.45, 2.75) is 12.1 Å². The summed E-state index contributed by atoms with van der Waals surface area (Å²) < 4.78 is 32.6. The second-order valence-electron chi connectivity index (χ2n) is 10.9. The first kappa shape index (κ1) is 25.3. The Hall–Kier alpha value is -5.42. The normalized spacial score (nSPS) is 16.6. The quantitative estimate of drug-likeness (QED) is 0.229. The Labute approximate surface area is 247 Å². The molecule has 3 nitrogen and oxygen atoms in total. The van der Waals surface area contributed by atoms with Crippen molar-refractivity contribution in [1.29, 1.82) is 0 Å². The average Bonchev–Trinajstić information content (AvgIpc) is 3.30. The lowest BCUT2D eigenvalue weighted by atomic mass is 9.94. The van der Waals surface area contributed by atoms with Crippen LogP contribution in [0, 0.1) is 0 Å². The van der Waals surface area contributed by atoms with Gasteiger partial charge in [0.25, 0.3) is 5.92 Å². The van der Waals surface area contributed by atoms with Crippen molar-refractivity contribution >= 4 is 22.4 Å². The van der Waals surface area contributed by atoms with Crippen LogP contribution in [0.4, 0.5) is 8.78 Å². The lowest BCUT2D eigenvalue weighted by Crippen LogP contribution is -2.36. The summed E-state index contributed by atoms with van der Waals surface area (Å²) in [6, 6.07) is 44.3. The molecule has 0 bridgehead atoms. The fourth-order valence-corrected chi connectivity index (χ4v) is 6.13. The summed E-state index contributed by atoms with van der Waals surface area (Å²) >= 11 is 0. The predicted octanol–water partition coefficient (Wildman–Crippen LogP) is 9.12. The van der Waals surface area contributed by atoms with Crippen LogP contribution in [0.3, 0.4) is 0 Å². The molecule has 0 radical (unpaired) electrons. The lowest BCUT2D eigenvalue weighted by Gasteiger charge is -2.23. The van der Waals surface area contributed by atoms with Crippen LogP contribution < -0.4 is 5.32 Å². The van der Waals surface area contributed by atoms with E-state index in [9.17, 15) is 0 Å². The molecule has 1 aliphatic heterocycles. The van der Waals surface area contributed by atoms with Crippen molar-refractivity contribution in [1.82, 2.24) is 5.32 Å². The third-order valence-corrected chi connectivity index (χ3v) is 8.26. The Morgan fingerprint density at radius 1 is 0.512 bits per heavy atom. The predicted molar refractivity (Wildman–Crippen MR) is 170 cm³/mol. The van der Waals surface area contributed by atoms with E-state index in [1.807, 2.05) is 121 Å².